The Kier molecular flexibility index (Phi) is 4.81. The first-order valence-corrected chi connectivity index (χ1v) is 8.46. The number of aliphatic carboxylic acids is 1. The number of nitrogens with one attached hydrogen (secondary N) is 2. The molecule has 2 heterocycles. The van der Waals surface area contributed by atoms with Crippen LogP contribution in [0, 0.1) is 27.7 Å². The summed E-state index contributed by atoms with van der Waals surface area (Å²) >= 11 is 0. The van der Waals surface area contributed by atoms with Crippen LogP contribution in [0.25, 0.3) is 5.69 Å². The average molecular weight is 367 g/mol. The molecule has 0 aliphatic rings. The molecule has 0 bridgehead atoms. The third-order valence-electron chi connectivity index (χ3n) is 4.38. The Morgan fingerprint density at radius 3 is 2.30 bits per heavy atom. The van der Waals surface area contributed by atoms with Gasteiger partial charge in [-0.25, -0.2) is 9.48 Å². The van der Waals surface area contributed by atoms with Crippen LogP contribution in [-0.2, 0) is 4.79 Å². The molecule has 140 valence electrons. The molecule has 0 saturated carbocycles. The molecule has 2 aromatic heterocycles. The molecular formula is C19H21N5O3. The maximum absolute atomic E-state index is 12.6. The number of H-pyrrole nitrogens is 1. The van der Waals surface area contributed by atoms with E-state index in [0.717, 1.165) is 17.1 Å². The first-order chi connectivity index (χ1) is 12.8. The van der Waals surface area contributed by atoms with Gasteiger partial charge in [0.1, 0.15) is 0 Å². The molecule has 1 amide bonds. The molecule has 8 heteroatoms. The van der Waals surface area contributed by atoms with Crippen molar-refractivity contribution >= 4 is 11.9 Å². The number of benzene rings is 1. The van der Waals surface area contributed by atoms with Gasteiger partial charge in [-0.1, -0.05) is 0 Å². The number of nitrogens with zero attached hydrogens (tertiary/aromatic N) is 3. The Bertz CT molecular complexity index is 982. The number of rotatable bonds is 5. The zero-order valence-corrected chi connectivity index (χ0v) is 15.6. The van der Waals surface area contributed by atoms with Crippen molar-refractivity contribution in [1.82, 2.24) is 25.3 Å². The first kappa shape index (κ1) is 18.4. The van der Waals surface area contributed by atoms with E-state index in [-0.39, 0.29) is 0 Å². The second kappa shape index (κ2) is 7.06. The molecule has 1 aromatic carbocycles. The Labute approximate surface area is 156 Å². The maximum Gasteiger partial charge on any atom is 0.331 e. The molecule has 0 spiro atoms. The summed E-state index contributed by atoms with van der Waals surface area (Å²) in [5, 5.41) is 23.3. The lowest BCUT2D eigenvalue weighted by atomic mass is 10.0. The predicted molar refractivity (Wildman–Crippen MR) is 98.9 cm³/mol. The fourth-order valence-electron chi connectivity index (χ4n) is 3.10. The van der Waals surface area contributed by atoms with Gasteiger partial charge in [0.05, 0.1) is 17.1 Å². The lowest BCUT2D eigenvalue weighted by molar-refractivity contribution is -0.139. The monoisotopic (exact) mass is 367 g/mol. The molecule has 0 saturated heterocycles. The zero-order chi connectivity index (χ0) is 19.7. The smallest absolute Gasteiger partial charge is 0.331 e. The summed E-state index contributed by atoms with van der Waals surface area (Å²) < 4.78 is 1.79. The van der Waals surface area contributed by atoms with E-state index in [1.165, 1.54) is 0 Å². The molecule has 0 aliphatic heterocycles. The SMILES string of the molecule is Cc1cc(C)n(-c2ccc(C(=O)NC(C(=O)O)c3c(C)n[nH]c3C)cc2)n1. The summed E-state index contributed by atoms with van der Waals surface area (Å²) in [6.45, 7) is 7.29. The molecule has 0 aliphatic carbocycles. The molecule has 0 fully saturated rings. The molecule has 3 aromatic rings. The number of aryl methyl sites for hydroxylation is 4. The van der Waals surface area contributed by atoms with Gasteiger partial charge in [0, 0.05) is 22.5 Å². The van der Waals surface area contributed by atoms with Crippen molar-refractivity contribution in [3.8, 4) is 5.69 Å². The van der Waals surface area contributed by atoms with Crippen molar-refractivity contribution < 1.29 is 14.7 Å². The van der Waals surface area contributed by atoms with Crippen LogP contribution in [0.4, 0.5) is 0 Å². The molecule has 3 N–H and O–H groups in total. The van der Waals surface area contributed by atoms with Gasteiger partial charge in [-0.15, -0.1) is 0 Å². The Morgan fingerprint density at radius 1 is 1.15 bits per heavy atom. The largest absolute Gasteiger partial charge is 0.479 e. The molecule has 0 radical (unpaired) electrons. The highest BCUT2D eigenvalue weighted by Crippen LogP contribution is 2.21. The van der Waals surface area contributed by atoms with Gasteiger partial charge < -0.3 is 10.4 Å². The van der Waals surface area contributed by atoms with Gasteiger partial charge in [-0.3, -0.25) is 9.89 Å². The van der Waals surface area contributed by atoms with Gasteiger partial charge in [0.25, 0.3) is 5.91 Å². The highest BCUT2D eigenvalue weighted by molar-refractivity contribution is 5.97. The molecule has 8 nitrogen and oxygen atoms in total. The average Bonchev–Trinajstić information content (AvgIpc) is 3.13. The number of carbonyl (C=O) groups is 2. The summed E-state index contributed by atoms with van der Waals surface area (Å²) in [6.07, 6.45) is 0. The van der Waals surface area contributed by atoms with Crippen LogP contribution < -0.4 is 5.32 Å². The topological polar surface area (TPSA) is 113 Å². The second-order valence-corrected chi connectivity index (χ2v) is 6.48. The summed E-state index contributed by atoms with van der Waals surface area (Å²) in [7, 11) is 0. The number of hydrogen-bond donors (Lipinski definition) is 3. The van der Waals surface area contributed by atoms with Crippen LogP contribution in [0.15, 0.2) is 30.3 Å². The van der Waals surface area contributed by atoms with E-state index < -0.39 is 17.9 Å². The number of aromatic nitrogens is 4. The van der Waals surface area contributed by atoms with E-state index in [4.69, 9.17) is 0 Å². The lowest BCUT2D eigenvalue weighted by Crippen LogP contribution is -2.34. The van der Waals surface area contributed by atoms with Crippen LogP contribution in [0.1, 0.15) is 44.7 Å². The third-order valence-corrected chi connectivity index (χ3v) is 4.38. The van der Waals surface area contributed by atoms with Crippen LogP contribution in [0.3, 0.4) is 0 Å². The minimum Gasteiger partial charge on any atom is -0.479 e. The summed E-state index contributed by atoms with van der Waals surface area (Å²) in [4.78, 5) is 24.2. The lowest BCUT2D eigenvalue weighted by Gasteiger charge is -2.15. The number of carbonyl (C=O) groups excluding carboxylic acids is 1. The summed E-state index contributed by atoms with van der Waals surface area (Å²) in [5.74, 6) is -1.61. The summed E-state index contributed by atoms with van der Waals surface area (Å²) in [6, 6.07) is 7.64. The van der Waals surface area contributed by atoms with Crippen LogP contribution in [-0.4, -0.2) is 37.0 Å². The van der Waals surface area contributed by atoms with E-state index in [9.17, 15) is 14.7 Å². The molecule has 27 heavy (non-hydrogen) atoms. The Balaban J connectivity index is 1.83. The van der Waals surface area contributed by atoms with E-state index in [1.807, 2.05) is 19.9 Å². The number of carboxylic acid groups (broad SMARTS) is 1. The predicted octanol–water partition coefficient (Wildman–Crippen LogP) is 2.38. The fourth-order valence-corrected chi connectivity index (χ4v) is 3.10. The molecule has 3 rings (SSSR count). The van der Waals surface area contributed by atoms with Crippen LogP contribution in [0.2, 0.25) is 0 Å². The van der Waals surface area contributed by atoms with Crippen LogP contribution >= 0.6 is 0 Å². The van der Waals surface area contributed by atoms with Crippen molar-refractivity contribution in [2.45, 2.75) is 33.7 Å². The Hall–Kier alpha value is -3.42. The van der Waals surface area contributed by atoms with Crippen molar-refractivity contribution in [2.75, 3.05) is 0 Å². The molecule has 1 atom stereocenters. The second-order valence-electron chi connectivity index (χ2n) is 6.48. The van der Waals surface area contributed by atoms with Gasteiger partial charge >= 0.3 is 5.97 Å². The van der Waals surface area contributed by atoms with Crippen molar-refractivity contribution in [3.05, 3.63) is 64.2 Å². The van der Waals surface area contributed by atoms with E-state index in [2.05, 4.69) is 20.6 Å². The fraction of sp³-hybridized carbons (Fsp3) is 0.263. The maximum atomic E-state index is 12.6. The van der Waals surface area contributed by atoms with Gasteiger partial charge in [-0.05, 0) is 58.0 Å². The van der Waals surface area contributed by atoms with Crippen molar-refractivity contribution in [1.29, 1.82) is 0 Å². The number of carboxylic acids is 1. The zero-order valence-electron chi connectivity index (χ0n) is 15.6. The number of hydrogen-bond acceptors (Lipinski definition) is 4. The Morgan fingerprint density at radius 2 is 1.81 bits per heavy atom. The van der Waals surface area contributed by atoms with Crippen molar-refractivity contribution in [3.63, 3.8) is 0 Å². The highest BCUT2D eigenvalue weighted by atomic mass is 16.4. The third kappa shape index (κ3) is 3.59. The van der Waals surface area contributed by atoms with Crippen LogP contribution in [0.5, 0.6) is 0 Å². The molecule has 1 unspecified atom stereocenters. The quantitative estimate of drug-likeness (QED) is 0.641. The molecular weight excluding hydrogens is 346 g/mol. The van der Waals surface area contributed by atoms with E-state index >= 15 is 0 Å². The minimum absolute atomic E-state index is 0.366. The number of aromatic amines is 1. The number of amides is 1. The van der Waals surface area contributed by atoms with Gasteiger partial charge in [0.2, 0.25) is 0 Å². The van der Waals surface area contributed by atoms with E-state index in [0.29, 0.717) is 22.5 Å². The van der Waals surface area contributed by atoms with Crippen molar-refractivity contribution in [2.24, 2.45) is 0 Å². The normalized spacial score (nSPS) is 12.0. The first-order valence-electron chi connectivity index (χ1n) is 8.46. The highest BCUT2D eigenvalue weighted by Gasteiger charge is 2.27. The van der Waals surface area contributed by atoms with Gasteiger partial charge in [0.15, 0.2) is 6.04 Å². The minimum atomic E-state index is -1.17. The van der Waals surface area contributed by atoms with E-state index in [1.54, 1.807) is 42.8 Å². The standard InChI is InChI=1S/C19H21N5O3/c1-10-9-11(2)24(23-10)15-7-5-14(6-8-15)18(25)20-17(19(26)27)16-12(3)21-22-13(16)4/h5-9,17H,1-4H3,(H,20,25)(H,21,22)(H,26,27). The summed E-state index contributed by atoms with van der Waals surface area (Å²) in [5.41, 5.74) is 4.71. The van der Waals surface area contributed by atoms with Gasteiger partial charge in [-0.2, -0.15) is 10.2 Å².